The highest BCUT2D eigenvalue weighted by Gasteiger charge is 2.22. The average Bonchev–Trinajstić information content (AvgIpc) is 2.66. The molecule has 27 heavy (non-hydrogen) atoms. The van der Waals surface area contributed by atoms with Crippen LogP contribution in [0.5, 0.6) is 5.75 Å². The van der Waals surface area contributed by atoms with Gasteiger partial charge in [-0.15, -0.1) is 0 Å². The van der Waals surface area contributed by atoms with Gasteiger partial charge in [-0.2, -0.15) is 0 Å². The normalized spacial score (nSPS) is 12.9. The molecule has 0 unspecified atom stereocenters. The Kier molecular flexibility index (Phi) is 5.54. The summed E-state index contributed by atoms with van der Waals surface area (Å²) in [7, 11) is 0. The van der Waals surface area contributed by atoms with Gasteiger partial charge in [0.25, 0.3) is 5.91 Å². The molecule has 1 aliphatic heterocycles. The van der Waals surface area contributed by atoms with Gasteiger partial charge in [-0.1, -0.05) is 25.1 Å². The van der Waals surface area contributed by atoms with Gasteiger partial charge < -0.3 is 15.0 Å². The van der Waals surface area contributed by atoms with Crippen LogP contribution in [0, 0.1) is 0 Å². The molecule has 2 aromatic carbocycles. The Hall–Kier alpha value is -3.15. The third-order valence-corrected chi connectivity index (χ3v) is 4.45. The average molecular weight is 366 g/mol. The Morgan fingerprint density at radius 2 is 1.93 bits per heavy atom. The third kappa shape index (κ3) is 4.16. The first-order valence-corrected chi connectivity index (χ1v) is 9.01. The predicted molar refractivity (Wildman–Crippen MR) is 103 cm³/mol. The van der Waals surface area contributed by atoms with E-state index in [0.717, 1.165) is 24.1 Å². The number of ether oxygens (including phenoxy) is 1. The van der Waals surface area contributed by atoms with Gasteiger partial charge in [-0.3, -0.25) is 14.4 Å². The number of esters is 1. The van der Waals surface area contributed by atoms with Crippen LogP contribution in [0.25, 0.3) is 0 Å². The van der Waals surface area contributed by atoms with Crippen LogP contribution in [0.15, 0.2) is 42.5 Å². The predicted octanol–water partition coefficient (Wildman–Crippen LogP) is 3.55. The smallest absolute Gasteiger partial charge is 0.308 e. The van der Waals surface area contributed by atoms with Crippen molar-refractivity contribution in [3.8, 4) is 5.75 Å². The van der Waals surface area contributed by atoms with Gasteiger partial charge in [0.15, 0.2) is 0 Å². The lowest BCUT2D eigenvalue weighted by Crippen LogP contribution is -2.35. The van der Waals surface area contributed by atoms with Crippen molar-refractivity contribution in [2.45, 2.75) is 33.1 Å². The molecule has 0 aromatic heterocycles. The number of fused-ring (bicyclic) bond motifs is 1. The highest BCUT2D eigenvalue weighted by molar-refractivity contribution is 6.07. The topological polar surface area (TPSA) is 75.7 Å². The van der Waals surface area contributed by atoms with Crippen molar-refractivity contribution in [2.75, 3.05) is 16.8 Å². The van der Waals surface area contributed by atoms with Crippen LogP contribution in [-0.4, -0.2) is 24.3 Å². The second kappa shape index (κ2) is 8.03. The number of anilines is 2. The lowest BCUT2D eigenvalue weighted by atomic mass is 10.0. The van der Waals surface area contributed by atoms with Gasteiger partial charge in [0, 0.05) is 31.3 Å². The van der Waals surface area contributed by atoms with Crippen LogP contribution in [-0.2, 0) is 16.0 Å². The number of para-hydroxylation sites is 1. The first-order valence-electron chi connectivity index (χ1n) is 9.01. The summed E-state index contributed by atoms with van der Waals surface area (Å²) in [5.41, 5.74) is 2.81. The number of aryl methyl sites for hydroxylation is 1. The van der Waals surface area contributed by atoms with Crippen molar-refractivity contribution in [2.24, 2.45) is 0 Å². The molecular formula is C21H22N2O4. The van der Waals surface area contributed by atoms with E-state index >= 15 is 0 Å². The van der Waals surface area contributed by atoms with E-state index in [9.17, 15) is 14.4 Å². The molecule has 3 rings (SSSR count). The number of amides is 2. The Balaban J connectivity index is 1.86. The van der Waals surface area contributed by atoms with Crippen LogP contribution in [0.4, 0.5) is 11.4 Å². The maximum atomic E-state index is 12.7. The quantitative estimate of drug-likeness (QED) is 0.663. The fraction of sp³-hybridized carbons (Fsp3) is 0.286. The Labute approximate surface area is 158 Å². The van der Waals surface area contributed by atoms with Gasteiger partial charge in [-0.05, 0) is 42.7 Å². The maximum Gasteiger partial charge on any atom is 0.308 e. The van der Waals surface area contributed by atoms with Crippen LogP contribution >= 0.6 is 0 Å². The summed E-state index contributed by atoms with van der Waals surface area (Å²) >= 11 is 0. The van der Waals surface area contributed by atoms with Crippen molar-refractivity contribution < 1.29 is 19.1 Å². The monoisotopic (exact) mass is 366 g/mol. The van der Waals surface area contributed by atoms with E-state index in [-0.39, 0.29) is 23.1 Å². The molecule has 1 aliphatic rings. The first-order chi connectivity index (χ1) is 13.0. The molecule has 0 atom stereocenters. The number of carbonyl (C=O) groups is 3. The summed E-state index contributed by atoms with van der Waals surface area (Å²) in [6.45, 7) is 3.82. The number of hydrogen-bond donors (Lipinski definition) is 1. The summed E-state index contributed by atoms with van der Waals surface area (Å²) < 4.78 is 5.11. The van der Waals surface area contributed by atoms with E-state index in [1.54, 1.807) is 29.2 Å². The first kappa shape index (κ1) is 18.6. The minimum absolute atomic E-state index is 0.0691. The summed E-state index contributed by atoms with van der Waals surface area (Å²) in [4.78, 5) is 37.9. The zero-order valence-corrected chi connectivity index (χ0v) is 15.5. The highest BCUT2D eigenvalue weighted by Crippen LogP contribution is 2.31. The summed E-state index contributed by atoms with van der Waals surface area (Å²) in [6.07, 6.45) is 2.28. The molecule has 140 valence electrons. The number of nitrogens with one attached hydrogen (secondary N) is 1. The Bertz CT molecular complexity index is 892. The molecule has 6 heteroatoms. The molecule has 0 bridgehead atoms. The fourth-order valence-corrected chi connectivity index (χ4v) is 3.20. The van der Waals surface area contributed by atoms with Gasteiger partial charge in [0.05, 0.1) is 5.56 Å². The Morgan fingerprint density at radius 3 is 2.67 bits per heavy atom. The molecule has 0 radical (unpaired) electrons. The standard InChI is InChI=1S/C21H22N2O4/c1-3-20(25)23-12-6-7-15-10-11-16(13-18(15)23)22-21(26)17-8-4-5-9-19(17)27-14(2)24/h4-5,8-11,13H,3,6-7,12H2,1-2H3,(H,22,26). The van der Waals surface area contributed by atoms with Gasteiger partial charge in [-0.25, -0.2) is 0 Å². The fourth-order valence-electron chi connectivity index (χ4n) is 3.20. The van der Waals surface area contributed by atoms with E-state index in [1.165, 1.54) is 6.92 Å². The van der Waals surface area contributed by atoms with E-state index in [0.29, 0.717) is 18.7 Å². The molecule has 0 saturated carbocycles. The van der Waals surface area contributed by atoms with Crippen LogP contribution in [0.1, 0.15) is 42.6 Å². The zero-order valence-electron chi connectivity index (χ0n) is 15.5. The van der Waals surface area contributed by atoms with Crippen molar-refractivity contribution in [1.82, 2.24) is 0 Å². The minimum Gasteiger partial charge on any atom is -0.426 e. The number of carbonyl (C=O) groups excluding carboxylic acids is 3. The SMILES string of the molecule is CCC(=O)N1CCCc2ccc(NC(=O)c3ccccc3OC(C)=O)cc21. The van der Waals surface area contributed by atoms with Crippen molar-refractivity contribution in [1.29, 1.82) is 0 Å². The van der Waals surface area contributed by atoms with Gasteiger partial charge in [0.1, 0.15) is 5.75 Å². The van der Waals surface area contributed by atoms with Crippen LogP contribution < -0.4 is 15.0 Å². The van der Waals surface area contributed by atoms with Crippen molar-refractivity contribution >= 4 is 29.2 Å². The summed E-state index contributed by atoms with van der Waals surface area (Å²) in [5, 5.41) is 2.83. The van der Waals surface area contributed by atoms with E-state index in [1.807, 2.05) is 25.1 Å². The molecule has 1 N–H and O–H groups in total. The van der Waals surface area contributed by atoms with E-state index < -0.39 is 5.97 Å². The summed E-state index contributed by atoms with van der Waals surface area (Å²) in [6, 6.07) is 12.2. The van der Waals surface area contributed by atoms with E-state index in [2.05, 4.69) is 5.32 Å². The lowest BCUT2D eigenvalue weighted by molar-refractivity contribution is -0.131. The molecular weight excluding hydrogens is 344 g/mol. The molecule has 2 aromatic rings. The van der Waals surface area contributed by atoms with Crippen LogP contribution in [0.3, 0.4) is 0 Å². The molecule has 0 aliphatic carbocycles. The second-order valence-electron chi connectivity index (χ2n) is 6.39. The number of benzene rings is 2. The van der Waals surface area contributed by atoms with Gasteiger partial charge >= 0.3 is 5.97 Å². The maximum absolute atomic E-state index is 12.7. The third-order valence-electron chi connectivity index (χ3n) is 4.45. The molecule has 0 spiro atoms. The zero-order chi connectivity index (χ0) is 19.4. The molecule has 2 amide bonds. The van der Waals surface area contributed by atoms with Gasteiger partial charge in [0.2, 0.25) is 5.91 Å². The highest BCUT2D eigenvalue weighted by atomic mass is 16.5. The van der Waals surface area contributed by atoms with Crippen molar-refractivity contribution in [3.63, 3.8) is 0 Å². The summed E-state index contributed by atoms with van der Waals surface area (Å²) in [5.74, 6) is -0.586. The Morgan fingerprint density at radius 1 is 1.15 bits per heavy atom. The molecule has 6 nitrogen and oxygen atoms in total. The number of rotatable bonds is 4. The second-order valence-corrected chi connectivity index (χ2v) is 6.39. The van der Waals surface area contributed by atoms with Crippen molar-refractivity contribution in [3.05, 3.63) is 53.6 Å². The largest absolute Gasteiger partial charge is 0.426 e. The number of hydrogen-bond acceptors (Lipinski definition) is 4. The lowest BCUT2D eigenvalue weighted by Gasteiger charge is -2.29. The van der Waals surface area contributed by atoms with E-state index in [4.69, 9.17) is 4.74 Å². The van der Waals surface area contributed by atoms with Crippen LogP contribution in [0.2, 0.25) is 0 Å². The number of nitrogens with zero attached hydrogens (tertiary/aromatic N) is 1. The molecule has 0 fully saturated rings. The molecule has 1 heterocycles. The minimum atomic E-state index is -0.488. The molecule has 0 saturated heterocycles.